The topological polar surface area (TPSA) is 73.8 Å². The molecule has 6 heteroatoms. The van der Waals surface area contributed by atoms with Gasteiger partial charge in [-0.15, -0.1) is 0 Å². The van der Waals surface area contributed by atoms with Crippen LogP contribution in [-0.4, -0.2) is 42.3 Å². The summed E-state index contributed by atoms with van der Waals surface area (Å²) in [5, 5.41) is 17.4. The maximum absolute atomic E-state index is 13.1. The molecule has 1 aliphatic rings. The van der Waals surface area contributed by atoms with Crippen LogP contribution in [0, 0.1) is 0 Å². The monoisotopic (exact) mass is 571 g/mol. The Kier molecular flexibility index (Phi) is 9.88. The molecule has 6 nitrogen and oxygen atoms in total. The minimum atomic E-state index is -0.182. The highest BCUT2D eigenvalue weighted by Crippen LogP contribution is 2.40. The molecule has 0 saturated carbocycles. The van der Waals surface area contributed by atoms with Gasteiger partial charge in [0.05, 0.1) is 7.11 Å². The highest BCUT2D eigenvalue weighted by atomic mass is 16.5. The summed E-state index contributed by atoms with van der Waals surface area (Å²) in [6.45, 7) is 15.7. The van der Waals surface area contributed by atoms with Crippen molar-refractivity contribution in [1.29, 1.82) is 0 Å². The van der Waals surface area contributed by atoms with Crippen LogP contribution >= 0.6 is 0 Å². The summed E-state index contributed by atoms with van der Waals surface area (Å²) in [7, 11) is 1.66. The first-order valence-corrected chi connectivity index (χ1v) is 15.2. The number of urea groups is 1. The highest BCUT2D eigenvalue weighted by molar-refractivity contribution is 5.90. The molecular formula is C36H49N3O3. The minimum Gasteiger partial charge on any atom is -0.507 e. The number of piperidine rings is 1. The first-order valence-electron chi connectivity index (χ1n) is 15.2. The fraction of sp³-hybridized carbons (Fsp3) is 0.472. The van der Waals surface area contributed by atoms with Crippen LogP contribution in [0.25, 0.3) is 0 Å². The molecule has 0 aliphatic carbocycles. The molecule has 0 atom stereocenters. The van der Waals surface area contributed by atoms with Gasteiger partial charge in [-0.05, 0) is 82.5 Å². The SMILES string of the molecule is COc1ccc(NC(=O)NC2CCN(Cc3ccccc3)CC2)c(CCc2cc(C(C)(C)C)c(O)c(C(C)(C)C)c2)c1. The Bertz CT molecular complexity index is 1310. The summed E-state index contributed by atoms with van der Waals surface area (Å²) in [4.78, 5) is 15.5. The molecule has 1 fully saturated rings. The molecule has 1 aliphatic heterocycles. The van der Waals surface area contributed by atoms with Crippen molar-refractivity contribution in [2.45, 2.75) is 90.6 Å². The van der Waals surface area contributed by atoms with Crippen LogP contribution < -0.4 is 15.4 Å². The van der Waals surface area contributed by atoms with Crippen molar-refractivity contribution in [1.82, 2.24) is 10.2 Å². The molecule has 3 aromatic carbocycles. The van der Waals surface area contributed by atoms with Gasteiger partial charge in [0.15, 0.2) is 0 Å². The number of hydrogen-bond donors (Lipinski definition) is 3. The third-order valence-electron chi connectivity index (χ3n) is 8.20. The van der Waals surface area contributed by atoms with E-state index in [1.807, 2.05) is 24.3 Å². The van der Waals surface area contributed by atoms with E-state index in [4.69, 9.17) is 4.74 Å². The molecule has 4 rings (SSSR count). The molecule has 3 aromatic rings. The number of carbonyl (C=O) groups is 1. The highest BCUT2D eigenvalue weighted by Gasteiger charge is 2.27. The zero-order chi connectivity index (χ0) is 30.5. The minimum absolute atomic E-state index is 0.155. The van der Waals surface area contributed by atoms with Crippen molar-refractivity contribution in [3.8, 4) is 11.5 Å². The average Bonchev–Trinajstić information content (AvgIpc) is 2.93. The van der Waals surface area contributed by atoms with E-state index < -0.39 is 0 Å². The maximum atomic E-state index is 13.1. The second-order valence-electron chi connectivity index (χ2n) is 13.7. The summed E-state index contributed by atoms with van der Waals surface area (Å²) in [5.74, 6) is 1.16. The largest absolute Gasteiger partial charge is 0.507 e. The van der Waals surface area contributed by atoms with Crippen LogP contribution in [0.1, 0.15) is 82.2 Å². The van der Waals surface area contributed by atoms with Gasteiger partial charge in [0.1, 0.15) is 11.5 Å². The lowest BCUT2D eigenvalue weighted by molar-refractivity contribution is 0.190. The van der Waals surface area contributed by atoms with Gasteiger partial charge >= 0.3 is 6.03 Å². The lowest BCUT2D eigenvalue weighted by atomic mass is 9.78. The van der Waals surface area contributed by atoms with Crippen LogP contribution in [0.5, 0.6) is 11.5 Å². The predicted octanol–water partition coefficient (Wildman–Crippen LogP) is 7.57. The summed E-state index contributed by atoms with van der Waals surface area (Å²) < 4.78 is 5.52. The fourth-order valence-corrected chi connectivity index (χ4v) is 5.71. The van der Waals surface area contributed by atoms with Gasteiger partial charge in [-0.3, -0.25) is 4.90 Å². The number of methoxy groups -OCH3 is 1. The zero-order valence-electron chi connectivity index (χ0n) is 26.5. The van der Waals surface area contributed by atoms with Gasteiger partial charge in [0, 0.05) is 31.4 Å². The first-order chi connectivity index (χ1) is 19.8. The van der Waals surface area contributed by atoms with Crippen molar-refractivity contribution in [3.05, 3.63) is 88.5 Å². The van der Waals surface area contributed by atoms with Crippen molar-refractivity contribution in [2.75, 3.05) is 25.5 Å². The number of benzene rings is 3. The summed E-state index contributed by atoms with van der Waals surface area (Å²) in [6.07, 6.45) is 3.37. The lowest BCUT2D eigenvalue weighted by Crippen LogP contribution is -2.45. The average molecular weight is 572 g/mol. The second-order valence-corrected chi connectivity index (χ2v) is 13.7. The van der Waals surface area contributed by atoms with Gasteiger partial charge in [-0.2, -0.15) is 0 Å². The predicted molar refractivity (Wildman–Crippen MR) is 173 cm³/mol. The molecule has 2 amide bonds. The first kappa shape index (κ1) is 31.4. The number of amides is 2. The number of aromatic hydroxyl groups is 1. The van der Waals surface area contributed by atoms with E-state index >= 15 is 0 Å². The Morgan fingerprint density at radius 1 is 0.881 bits per heavy atom. The van der Waals surface area contributed by atoms with Crippen molar-refractivity contribution >= 4 is 11.7 Å². The number of rotatable bonds is 8. The van der Waals surface area contributed by atoms with E-state index in [9.17, 15) is 9.90 Å². The molecule has 0 radical (unpaired) electrons. The van der Waals surface area contributed by atoms with Crippen LogP contribution in [-0.2, 0) is 30.2 Å². The molecular weight excluding hydrogens is 522 g/mol. The molecule has 1 saturated heterocycles. The van der Waals surface area contributed by atoms with Crippen molar-refractivity contribution < 1.29 is 14.6 Å². The molecule has 0 bridgehead atoms. The summed E-state index contributed by atoms with van der Waals surface area (Å²) in [5.41, 5.74) is 5.86. The number of hydrogen-bond acceptors (Lipinski definition) is 4. The van der Waals surface area contributed by atoms with Crippen LogP contribution in [0.4, 0.5) is 10.5 Å². The number of nitrogens with zero attached hydrogens (tertiary/aromatic N) is 1. The van der Waals surface area contributed by atoms with Gasteiger partial charge in [0.2, 0.25) is 0 Å². The third-order valence-corrected chi connectivity index (χ3v) is 8.20. The molecule has 1 heterocycles. The Balaban J connectivity index is 1.42. The molecule has 0 aromatic heterocycles. The molecule has 226 valence electrons. The normalized spacial score (nSPS) is 14.9. The number of likely N-dealkylation sites (tertiary alicyclic amines) is 1. The number of anilines is 1. The second kappa shape index (κ2) is 13.2. The number of carbonyl (C=O) groups excluding carboxylic acids is 1. The number of aryl methyl sites for hydroxylation is 2. The van der Waals surface area contributed by atoms with Crippen molar-refractivity contribution in [3.63, 3.8) is 0 Å². The smallest absolute Gasteiger partial charge is 0.319 e. The lowest BCUT2D eigenvalue weighted by Gasteiger charge is -2.32. The number of phenolic OH excluding ortho intramolecular Hbond substituents is 1. The van der Waals surface area contributed by atoms with E-state index in [1.165, 1.54) is 11.1 Å². The Hall–Kier alpha value is -3.51. The summed E-state index contributed by atoms with van der Waals surface area (Å²) in [6, 6.07) is 20.6. The number of nitrogens with one attached hydrogen (secondary N) is 2. The standard InChI is InChI=1S/C36H49N3O3/c1-35(2,3)30-21-26(22-31(33(30)40)36(4,5)6)13-14-27-23-29(42-7)15-16-32(27)38-34(41)37-28-17-19-39(20-18-28)24-25-11-9-8-10-12-25/h8-12,15-16,21-23,28,40H,13-14,17-20,24H2,1-7H3,(H2,37,38,41). The van der Waals surface area contributed by atoms with E-state index in [-0.39, 0.29) is 22.9 Å². The van der Waals surface area contributed by atoms with E-state index in [1.54, 1.807) is 7.11 Å². The quantitative estimate of drug-likeness (QED) is 0.261. The number of ether oxygens (including phenoxy) is 1. The summed E-state index contributed by atoms with van der Waals surface area (Å²) >= 11 is 0. The number of phenols is 1. The van der Waals surface area contributed by atoms with Gasteiger partial charge in [0.25, 0.3) is 0 Å². The van der Waals surface area contributed by atoms with Gasteiger partial charge in [-0.1, -0.05) is 84.0 Å². The van der Waals surface area contributed by atoms with E-state index in [0.717, 1.165) is 73.4 Å². The molecule has 0 unspecified atom stereocenters. The zero-order valence-corrected chi connectivity index (χ0v) is 26.5. The molecule has 0 spiro atoms. The molecule has 42 heavy (non-hydrogen) atoms. The van der Waals surface area contributed by atoms with E-state index in [0.29, 0.717) is 5.75 Å². The third kappa shape index (κ3) is 8.28. The van der Waals surface area contributed by atoms with Crippen molar-refractivity contribution in [2.24, 2.45) is 0 Å². The van der Waals surface area contributed by atoms with E-state index in [2.05, 4.69) is 93.5 Å². The molecule has 3 N–H and O–H groups in total. The van der Waals surface area contributed by atoms with Crippen LogP contribution in [0.3, 0.4) is 0 Å². The van der Waals surface area contributed by atoms with Gasteiger partial charge < -0.3 is 20.5 Å². The van der Waals surface area contributed by atoms with Crippen LogP contribution in [0.2, 0.25) is 0 Å². The maximum Gasteiger partial charge on any atom is 0.319 e. The Morgan fingerprint density at radius 3 is 2.07 bits per heavy atom. The van der Waals surface area contributed by atoms with Gasteiger partial charge in [-0.25, -0.2) is 4.79 Å². The Labute approximate surface area is 252 Å². The fourth-order valence-electron chi connectivity index (χ4n) is 5.71. The Morgan fingerprint density at radius 2 is 1.50 bits per heavy atom. The van der Waals surface area contributed by atoms with Crippen LogP contribution in [0.15, 0.2) is 60.7 Å².